The highest BCUT2D eigenvalue weighted by atomic mass is 32.2. The van der Waals surface area contributed by atoms with E-state index in [2.05, 4.69) is 23.7 Å². The summed E-state index contributed by atoms with van der Waals surface area (Å²) in [6, 6.07) is 4.56. The lowest BCUT2D eigenvalue weighted by Crippen LogP contribution is -2.22. The molecule has 4 N–H and O–H groups in total. The molecule has 1 aromatic carbocycles. The van der Waals surface area contributed by atoms with Gasteiger partial charge in [-0.3, -0.25) is 0 Å². The van der Waals surface area contributed by atoms with Crippen LogP contribution in [0, 0.1) is 11.7 Å². The number of hydrogen-bond donors (Lipinski definition) is 3. The molecule has 0 radical (unpaired) electrons. The predicted octanol–water partition coefficient (Wildman–Crippen LogP) is 2.01. The molecule has 0 aliphatic rings. The van der Waals surface area contributed by atoms with Crippen LogP contribution >= 0.6 is 11.8 Å². The summed E-state index contributed by atoms with van der Waals surface area (Å²) >= 11 is 1.80. The van der Waals surface area contributed by atoms with E-state index >= 15 is 0 Å². The first-order valence-corrected chi connectivity index (χ1v) is 7.43. The molecule has 1 rings (SSSR count). The summed E-state index contributed by atoms with van der Waals surface area (Å²) in [7, 11) is 0. The second-order valence-corrected chi connectivity index (χ2v) is 5.39. The van der Waals surface area contributed by atoms with Gasteiger partial charge < -0.3 is 16.3 Å². The first-order valence-electron chi connectivity index (χ1n) is 6.04. The van der Waals surface area contributed by atoms with Crippen molar-refractivity contribution in [2.75, 3.05) is 18.6 Å². The molecule has 0 amide bonds. The van der Waals surface area contributed by atoms with Crippen LogP contribution in [0.15, 0.2) is 23.4 Å². The first-order chi connectivity index (χ1) is 9.08. The molecule has 0 bridgehead atoms. The molecular weight excluding hydrogens is 265 g/mol. The molecule has 0 aromatic heterocycles. The summed E-state index contributed by atoms with van der Waals surface area (Å²) < 4.78 is 13.8. The summed E-state index contributed by atoms with van der Waals surface area (Å²) in [5.74, 6) is 1.19. The number of nitrogens with two attached hydrogens (primary N) is 1. The van der Waals surface area contributed by atoms with E-state index in [1.54, 1.807) is 23.9 Å². The average Bonchev–Trinajstić information content (AvgIpc) is 2.40. The second kappa shape index (κ2) is 8.01. The Morgan fingerprint density at radius 1 is 1.58 bits per heavy atom. The minimum Gasteiger partial charge on any atom is -0.409 e. The zero-order valence-electron chi connectivity index (χ0n) is 11.2. The van der Waals surface area contributed by atoms with Gasteiger partial charge in [-0.2, -0.15) is 11.8 Å². The highest BCUT2D eigenvalue weighted by Gasteiger charge is 2.07. The third-order valence-corrected chi connectivity index (χ3v) is 3.62. The van der Waals surface area contributed by atoms with Gasteiger partial charge in [-0.1, -0.05) is 24.2 Å². The van der Waals surface area contributed by atoms with Gasteiger partial charge in [-0.15, -0.1) is 0 Å². The summed E-state index contributed by atoms with van der Waals surface area (Å²) in [5.41, 5.74) is 6.35. The van der Waals surface area contributed by atoms with Gasteiger partial charge in [0.05, 0.1) is 0 Å². The number of halogens is 1. The van der Waals surface area contributed by atoms with E-state index in [0.717, 1.165) is 12.3 Å². The summed E-state index contributed by atoms with van der Waals surface area (Å²) in [4.78, 5) is 0. The van der Waals surface area contributed by atoms with Crippen molar-refractivity contribution >= 4 is 17.6 Å². The smallest absolute Gasteiger partial charge is 0.170 e. The van der Waals surface area contributed by atoms with Crippen molar-refractivity contribution in [2.45, 2.75) is 13.5 Å². The molecule has 1 aromatic rings. The van der Waals surface area contributed by atoms with Gasteiger partial charge in [0.2, 0.25) is 0 Å². The number of amidine groups is 1. The van der Waals surface area contributed by atoms with Gasteiger partial charge in [0.25, 0.3) is 0 Å². The minimum absolute atomic E-state index is 0.0907. The zero-order valence-corrected chi connectivity index (χ0v) is 12.0. The normalized spacial score (nSPS) is 13.5. The van der Waals surface area contributed by atoms with Crippen LogP contribution < -0.4 is 11.1 Å². The topological polar surface area (TPSA) is 70.6 Å². The molecule has 0 aliphatic carbocycles. The third kappa shape index (κ3) is 5.08. The Kier molecular flexibility index (Phi) is 6.66. The standard InChI is InChI=1S/C13H20FN3OS/c1-9(8-19-2)6-16-7-11-4-3-10(5-12(11)14)13(15)17-18/h3-5,9,16,18H,6-8H2,1-2H3,(H2,15,17). The van der Waals surface area contributed by atoms with Crippen LogP contribution in [0.3, 0.4) is 0 Å². The Bertz CT molecular complexity index is 440. The van der Waals surface area contributed by atoms with Crippen molar-refractivity contribution in [1.29, 1.82) is 0 Å². The SMILES string of the molecule is CSCC(C)CNCc1ccc(C(N)=NO)cc1F. The predicted molar refractivity (Wildman–Crippen MR) is 78.2 cm³/mol. The van der Waals surface area contributed by atoms with E-state index in [0.29, 0.717) is 23.6 Å². The maximum Gasteiger partial charge on any atom is 0.170 e. The van der Waals surface area contributed by atoms with Crippen molar-refractivity contribution in [1.82, 2.24) is 5.32 Å². The highest BCUT2D eigenvalue weighted by Crippen LogP contribution is 2.11. The lowest BCUT2D eigenvalue weighted by Gasteiger charge is -2.12. The molecule has 106 valence electrons. The van der Waals surface area contributed by atoms with Crippen LogP contribution in [0.25, 0.3) is 0 Å². The molecule has 0 fully saturated rings. The molecule has 19 heavy (non-hydrogen) atoms. The molecular formula is C13H20FN3OS. The van der Waals surface area contributed by atoms with Crippen molar-refractivity contribution < 1.29 is 9.60 Å². The van der Waals surface area contributed by atoms with E-state index in [1.165, 1.54) is 6.07 Å². The van der Waals surface area contributed by atoms with E-state index in [-0.39, 0.29) is 11.7 Å². The molecule has 1 unspecified atom stereocenters. The van der Waals surface area contributed by atoms with E-state index in [4.69, 9.17) is 10.9 Å². The van der Waals surface area contributed by atoms with Gasteiger partial charge in [-0.25, -0.2) is 4.39 Å². The van der Waals surface area contributed by atoms with Crippen molar-refractivity contribution in [2.24, 2.45) is 16.8 Å². The largest absolute Gasteiger partial charge is 0.409 e. The summed E-state index contributed by atoms with van der Waals surface area (Å²) in [6.07, 6.45) is 2.07. The highest BCUT2D eigenvalue weighted by molar-refractivity contribution is 7.98. The first kappa shape index (κ1) is 15.8. The molecule has 0 saturated heterocycles. The van der Waals surface area contributed by atoms with E-state index in [1.807, 2.05) is 0 Å². The molecule has 0 spiro atoms. The van der Waals surface area contributed by atoms with Gasteiger partial charge >= 0.3 is 0 Å². The number of rotatable bonds is 7. The van der Waals surface area contributed by atoms with Gasteiger partial charge in [0.1, 0.15) is 5.82 Å². The van der Waals surface area contributed by atoms with Crippen molar-refractivity contribution in [3.8, 4) is 0 Å². The lowest BCUT2D eigenvalue weighted by atomic mass is 10.1. The van der Waals surface area contributed by atoms with Crippen LogP contribution in [0.2, 0.25) is 0 Å². The fraction of sp³-hybridized carbons (Fsp3) is 0.462. The zero-order chi connectivity index (χ0) is 14.3. The number of thioether (sulfide) groups is 1. The fourth-order valence-corrected chi connectivity index (χ4v) is 2.39. The van der Waals surface area contributed by atoms with Crippen molar-refractivity contribution in [3.63, 3.8) is 0 Å². The molecule has 0 heterocycles. The lowest BCUT2D eigenvalue weighted by molar-refractivity contribution is 0.318. The maximum absolute atomic E-state index is 13.8. The van der Waals surface area contributed by atoms with E-state index < -0.39 is 0 Å². The molecule has 0 aliphatic heterocycles. The third-order valence-electron chi connectivity index (χ3n) is 2.72. The Balaban J connectivity index is 2.56. The maximum atomic E-state index is 13.8. The van der Waals surface area contributed by atoms with Crippen LogP contribution in [0.5, 0.6) is 0 Å². The van der Waals surface area contributed by atoms with E-state index in [9.17, 15) is 4.39 Å². The Hall–Kier alpha value is -1.27. The van der Waals surface area contributed by atoms with Gasteiger partial charge in [0.15, 0.2) is 5.84 Å². The number of benzene rings is 1. The van der Waals surface area contributed by atoms with Gasteiger partial charge in [-0.05, 0) is 30.5 Å². The Morgan fingerprint density at radius 2 is 2.32 bits per heavy atom. The molecule has 4 nitrogen and oxygen atoms in total. The van der Waals surface area contributed by atoms with Crippen LogP contribution in [-0.2, 0) is 6.54 Å². The van der Waals surface area contributed by atoms with Crippen LogP contribution in [0.4, 0.5) is 4.39 Å². The molecule has 1 atom stereocenters. The fourth-order valence-electron chi connectivity index (χ4n) is 1.70. The number of hydrogen-bond acceptors (Lipinski definition) is 4. The van der Waals surface area contributed by atoms with Crippen LogP contribution in [-0.4, -0.2) is 29.6 Å². The molecule has 0 saturated carbocycles. The van der Waals surface area contributed by atoms with Gasteiger partial charge in [0, 0.05) is 17.7 Å². The second-order valence-electron chi connectivity index (χ2n) is 4.48. The minimum atomic E-state index is -0.353. The number of nitrogens with one attached hydrogen (secondary N) is 1. The summed E-state index contributed by atoms with van der Waals surface area (Å²) in [6.45, 7) is 3.48. The number of oxime groups is 1. The quantitative estimate of drug-likeness (QED) is 0.310. The Labute approximate surface area is 117 Å². The molecule has 6 heteroatoms. The monoisotopic (exact) mass is 285 g/mol. The average molecular weight is 285 g/mol. The van der Waals surface area contributed by atoms with Crippen molar-refractivity contribution in [3.05, 3.63) is 35.1 Å². The summed E-state index contributed by atoms with van der Waals surface area (Å²) in [5, 5.41) is 14.6. The number of nitrogens with zero attached hydrogens (tertiary/aromatic N) is 1. The van der Waals surface area contributed by atoms with Crippen LogP contribution in [0.1, 0.15) is 18.1 Å². The Morgan fingerprint density at radius 3 is 2.89 bits per heavy atom.